The van der Waals surface area contributed by atoms with Gasteiger partial charge in [0, 0.05) is 25.2 Å². The molecule has 1 N–H and O–H groups in total. The van der Waals surface area contributed by atoms with Crippen molar-refractivity contribution in [3.05, 3.63) is 47.8 Å². The number of imidazole rings is 1. The van der Waals surface area contributed by atoms with Gasteiger partial charge in [0.2, 0.25) is 5.91 Å². The molecule has 0 saturated heterocycles. The van der Waals surface area contributed by atoms with Gasteiger partial charge in [0.25, 0.3) is 5.91 Å². The molecule has 0 radical (unpaired) electrons. The normalized spacial score (nSPS) is 16.6. The smallest absolute Gasteiger partial charge is 0.272 e. The molecule has 0 unspecified atom stereocenters. The fourth-order valence-electron chi connectivity index (χ4n) is 2.96. The van der Waals surface area contributed by atoms with Gasteiger partial charge in [0.15, 0.2) is 0 Å². The molecule has 7 nitrogen and oxygen atoms in total. The van der Waals surface area contributed by atoms with E-state index in [4.69, 9.17) is 0 Å². The highest BCUT2D eigenvalue weighted by molar-refractivity contribution is 5.92. The molecule has 1 aliphatic carbocycles. The van der Waals surface area contributed by atoms with Gasteiger partial charge in [-0.15, -0.1) is 0 Å². The van der Waals surface area contributed by atoms with E-state index in [0.29, 0.717) is 31.9 Å². The van der Waals surface area contributed by atoms with E-state index in [2.05, 4.69) is 19.9 Å². The maximum absolute atomic E-state index is 12.5. The highest BCUT2D eigenvalue weighted by Gasteiger charge is 2.30. The lowest BCUT2D eigenvalue weighted by Crippen LogP contribution is -2.39. The molecule has 7 heteroatoms. The van der Waals surface area contributed by atoms with Crippen LogP contribution in [0, 0.1) is 5.92 Å². The third-order valence-electron chi connectivity index (χ3n) is 4.51. The van der Waals surface area contributed by atoms with Crippen LogP contribution in [0.15, 0.2) is 30.6 Å². The quantitative estimate of drug-likeness (QED) is 0.908. The van der Waals surface area contributed by atoms with Crippen molar-refractivity contribution in [1.82, 2.24) is 24.8 Å². The van der Waals surface area contributed by atoms with Crippen LogP contribution >= 0.6 is 0 Å². The van der Waals surface area contributed by atoms with E-state index < -0.39 is 0 Å². The topological polar surface area (TPSA) is 80.1 Å². The summed E-state index contributed by atoms with van der Waals surface area (Å²) in [5, 5.41) is 2.97. The number of nitrogens with zero attached hydrogens (tertiary/aromatic N) is 4. The Labute approximate surface area is 139 Å². The molecule has 4 rings (SSSR count). The Hall–Kier alpha value is -2.70. The number of fused-ring (bicyclic) bond motifs is 1. The lowest BCUT2D eigenvalue weighted by molar-refractivity contribution is -0.122. The maximum atomic E-state index is 12.5. The number of hydrogen-bond donors (Lipinski definition) is 1. The van der Waals surface area contributed by atoms with Gasteiger partial charge in [-0.05, 0) is 25.0 Å². The minimum absolute atomic E-state index is 0.0755. The van der Waals surface area contributed by atoms with Crippen molar-refractivity contribution in [3.63, 3.8) is 0 Å². The van der Waals surface area contributed by atoms with E-state index in [9.17, 15) is 9.59 Å². The van der Waals surface area contributed by atoms with Gasteiger partial charge >= 0.3 is 0 Å². The average molecular weight is 325 g/mol. The summed E-state index contributed by atoms with van der Waals surface area (Å²) >= 11 is 0. The zero-order chi connectivity index (χ0) is 16.5. The van der Waals surface area contributed by atoms with Gasteiger partial charge in [0.05, 0.1) is 25.0 Å². The number of rotatable bonds is 4. The minimum atomic E-state index is -0.0755. The Balaban J connectivity index is 1.42. The van der Waals surface area contributed by atoms with Crippen LogP contribution in [0.3, 0.4) is 0 Å². The van der Waals surface area contributed by atoms with Crippen molar-refractivity contribution in [1.29, 1.82) is 0 Å². The molecule has 2 aliphatic rings. The van der Waals surface area contributed by atoms with Crippen LogP contribution in [-0.4, -0.2) is 37.8 Å². The average Bonchev–Trinajstić information content (AvgIpc) is 3.40. The van der Waals surface area contributed by atoms with Crippen LogP contribution in [0.1, 0.15) is 34.8 Å². The standard InChI is InChI=1S/C17H19N5O2/c23-16(12-4-5-12)20-10-13-9-19-15-11-21(7-8-22(13)15)17(24)14-3-1-2-6-18-14/h1-3,6,9,12H,4-5,7-8,10-11H2,(H,20,23). The molecule has 0 bridgehead atoms. The predicted molar refractivity (Wildman–Crippen MR) is 85.8 cm³/mol. The van der Waals surface area contributed by atoms with Crippen LogP contribution in [0.5, 0.6) is 0 Å². The molecule has 2 aromatic heterocycles. The first-order chi connectivity index (χ1) is 11.7. The summed E-state index contributed by atoms with van der Waals surface area (Å²) in [5.41, 5.74) is 1.44. The van der Waals surface area contributed by atoms with Crippen molar-refractivity contribution < 1.29 is 9.59 Å². The fraction of sp³-hybridized carbons (Fsp3) is 0.412. The van der Waals surface area contributed by atoms with Crippen molar-refractivity contribution in [2.45, 2.75) is 32.5 Å². The molecule has 1 aliphatic heterocycles. The maximum Gasteiger partial charge on any atom is 0.272 e. The molecule has 124 valence electrons. The summed E-state index contributed by atoms with van der Waals surface area (Å²) in [6.07, 6.45) is 5.41. The van der Waals surface area contributed by atoms with Gasteiger partial charge in [0.1, 0.15) is 11.5 Å². The zero-order valence-corrected chi connectivity index (χ0v) is 13.3. The van der Waals surface area contributed by atoms with Crippen LogP contribution in [-0.2, 0) is 24.4 Å². The minimum Gasteiger partial charge on any atom is -0.350 e. The number of carbonyl (C=O) groups excluding carboxylic acids is 2. The van der Waals surface area contributed by atoms with E-state index >= 15 is 0 Å². The SMILES string of the molecule is O=C(NCc1cnc2n1CCN(C(=O)c1ccccn1)C2)C1CC1. The number of amides is 2. The fourth-order valence-corrected chi connectivity index (χ4v) is 2.96. The Morgan fingerprint density at radius 1 is 1.21 bits per heavy atom. The molecule has 0 aromatic carbocycles. The molecule has 24 heavy (non-hydrogen) atoms. The third kappa shape index (κ3) is 2.89. The Bertz CT molecular complexity index is 767. The molecule has 1 saturated carbocycles. The summed E-state index contributed by atoms with van der Waals surface area (Å²) in [4.78, 5) is 34.5. The van der Waals surface area contributed by atoms with E-state index in [0.717, 1.165) is 24.4 Å². The van der Waals surface area contributed by atoms with Gasteiger partial charge in [-0.3, -0.25) is 14.6 Å². The van der Waals surface area contributed by atoms with Crippen LogP contribution < -0.4 is 5.32 Å². The Morgan fingerprint density at radius 3 is 2.83 bits per heavy atom. The summed E-state index contributed by atoms with van der Waals surface area (Å²) in [5.74, 6) is 1.11. The van der Waals surface area contributed by atoms with Crippen molar-refractivity contribution in [3.8, 4) is 0 Å². The van der Waals surface area contributed by atoms with Crippen LogP contribution in [0.25, 0.3) is 0 Å². The highest BCUT2D eigenvalue weighted by Crippen LogP contribution is 2.28. The van der Waals surface area contributed by atoms with Crippen molar-refractivity contribution in [2.75, 3.05) is 6.54 Å². The number of carbonyl (C=O) groups is 2. The number of nitrogens with one attached hydrogen (secondary N) is 1. The number of hydrogen-bond acceptors (Lipinski definition) is 4. The predicted octanol–water partition coefficient (Wildman–Crippen LogP) is 0.960. The zero-order valence-electron chi connectivity index (χ0n) is 13.3. The lowest BCUT2D eigenvalue weighted by atomic mass is 10.2. The first kappa shape index (κ1) is 14.9. The van der Waals surface area contributed by atoms with Crippen molar-refractivity contribution >= 4 is 11.8 Å². The molecular weight excluding hydrogens is 306 g/mol. The largest absolute Gasteiger partial charge is 0.350 e. The summed E-state index contributed by atoms with van der Waals surface area (Å²) in [6, 6.07) is 5.33. The molecule has 3 heterocycles. The second-order valence-corrected chi connectivity index (χ2v) is 6.25. The summed E-state index contributed by atoms with van der Waals surface area (Å²) < 4.78 is 2.09. The molecule has 1 fully saturated rings. The number of pyridine rings is 1. The monoisotopic (exact) mass is 325 g/mol. The number of aromatic nitrogens is 3. The van der Waals surface area contributed by atoms with Gasteiger partial charge in [-0.25, -0.2) is 4.98 Å². The van der Waals surface area contributed by atoms with Crippen molar-refractivity contribution in [2.24, 2.45) is 5.92 Å². The summed E-state index contributed by atoms with van der Waals surface area (Å²) in [6.45, 7) is 2.26. The highest BCUT2D eigenvalue weighted by atomic mass is 16.2. The lowest BCUT2D eigenvalue weighted by Gasteiger charge is -2.28. The third-order valence-corrected chi connectivity index (χ3v) is 4.51. The van der Waals surface area contributed by atoms with E-state index in [-0.39, 0.29) is 17.7 Å². The first-order valence-corrected chi connectivity index (χ1v) is 8.23. The second-order valence-electron chi connectivity index (χ2n) is 6.25. The van der Waals surface area contributed by atoms with Crippen LogP contribution in [0.4, 0.5) is 0 Å². The van der Waals surface area contributed by atoms with Gasteiger partial charge in [-0.1, -0.05) is 6.07 Å². The Kier molecular flexibility index (Phi) is 3.76. The molecule has 0 atom stereocenters. The van der Waals surface area contributed by atoms with E-state index in [1.807, 2.05) is 6.07 Å². The molecular formula is C17H19N5O2. The second kappa shape index (κ2) is 6.07. The molecule has 0 spiro atoms. The first-order valence-electron chi connectivity index (χ1n) is 8.23. The summed E-state index contributed by atoms with van der Waals surface area (Å²) in [7, 11) is 0. The molecule has 2 aromatic rings. The molecule has 2 amide bonds. The van der Waals surface area contributed by atoms with Gasteiger partial charge < -0.3 is 14.8 Å². The van der Waals surface area contributed by atoms with Gasteiger partial charge in [-0.2, -0.15) is 0 Å². The van der Waals surface area contributed by atoms with E-state index in [1.54, 1.807) is 29.4 Å². The van der Waals surface area contributed by atoms with E-state index in [1.165, 1.54) is 0 Å². The Morgan fingerprint density at radius 2 is 2.08 bits per heavy atom. The van der Waals surface area contributed by atoms with Crippen LogP contribution in [0.2, 0.25) is 0 Å².